The van der Waals surface area contributed by atoms with Crippen molar-refractivity contribution in [1.82, 2.24) is 9.80 Å². The zero-order chi connectivity index (χ0) is 22.0. The highest BCUT2D eigenvalue weighted by molar-refractivity contribution is 6.30. The minimum absolute atomic E-state index is 0.0210. The lowest BCUT2D eigenvalue weighted by Gasteiger charge is -2.38. The molecule has 0 aromatic heterocycles. The molecule has 0 bridgehead atoms. The van der Waals surface area contributed by atoms with Gasteiger partial charge in [-0.15, -0.1) is 0 Å². The number of aryl methyl sites for hydroxylation is 1. The fraction of sp³-hybridized carbons (Fsp3) is 0.435. The Morgan fingerprint density at radius 3 is 2.68 bits per heavy atom. The Bertz CT molecular complexity index is 975. The second kappa shape index (κ2) is 9.24. The molecule has 0 spiro atoms. The normalized spacial score (nSPS) is 19.0. The summed E-state index contributed by atoms with van der Waals surface area (Å²) in [7, 11) is 1.91. The number of piperazine rings is 1. The van der Waals surface area contributed by atoms with Crippen molar-refractivity contribution in [2.75, 3.05) is 44.7 Å². The molecular formula is C23H27ClN4O3. The molecule has 1 unspecified atom stereocenters. The molecule has 31 heavy (non-hydrogen) atoms. The summed E-state index contributed by atoms with van der Waals surface area (Å²) in [6.45, 7) is 2.99. The molecule has 7 nitrogen and oxygen atoms in total. The van der Waals surface area contributed by atoms with Gasteiger partial charge in [-0.2, -0.15) is 0 Å². The Morgan fingerprint density at radius 2 is 1.94 bits per heavy atom. The van der Waals surface area contributed by atoms with Gasteiger partial charge in [0.25, 0.3) is 5.69 Å². The number of hydrogen-bond acceptors (Lipinski definition) is 5. The molecule has 2 aromatic carbocycles. The van der Waals surface area contributed by atoms with Gasteiger partial charge in [0.05, 0.1) is 17.5 Å². The van der Waals surface area contributed by atoms with Gasteiger partial charge in [-0.3, -0.25) is 19.8 Å². The molecule has 0 radical (unpaired) electrons. The van der Waals surface area contributed by atoms with Gasteiger partial charge < -0.3 is 9.80 Å². The number of nitro groups is 1. The Hall–Kier alpha value is -2.64. The summed E-state index contributed by atoms with van der Waals surface area (Å²) in [6, 6.07) is 13.3. The Labute approximate surface area is 187 Å². The minimum atomic E-state index is -0.395. The van der Waals surface area contributed by atoms with E-state index in [9.17, 15) is 14.9 Å². The summed E-state index contributed by atoms with van der Waals surface area (Å²) >= 11 is 5.93. The molecule has 0 saturated carbocycles. The molecule has 1 heterocycles. The Morgan fingerprint density at radius 1 is 1.19 bits per heavy atom. The number of nitro benzene ring substituents is 1. The second-order valence-corrected chi connectivity index (χ2v) is 8.70. The van der Waals surface area contributed by atoms with Gasteiger partial charge in [0.2, 0.25) is 5.91 Å². The first-order valence-corrected chi connectivity index (χ1v) is 11.1. The molecular weight excluding hydrogens is 416 g/mol. The zero-order valence-electron chi connectivity index (χ0n) is 17.7. The highest BCUT2D eigenvalue weighted by Gasteiger charge is 2.29. The number of benzene rings is 2. The molecule has 164 valence electrons. The van der Waals surface area contributed by atoms with Crippen LogP contribution in [-0.2, 0) is 11.2 Å². The van der Waals surface area contributed by atoms with Crippen LogP contribution in [-0.4, -0.2) is 60.4 Å². The lowest BCUT2D eigenvalue weighted by molar-refractivity contribution is -0.384. The molecule has 1 aliphatic heterocycles. The molecule has 0 N–H and O–H groups in total. The quantitative estimate of drug-likeness (QED) is 0.518. The van der Waals surface area contributed by atoms with Crippen molar-refractivity contribution in [3.8, 4) is 0 Å². The Kier molecular flexibility index (Phi) is 6.43. The summed E-state index contributed by atoms with van der Waals surface area (Å²) in [5, 5.41) is 11.8. The monoisotopic (exact) mass is 442 g/mol. The molecule has 4 rings (SSSR count). The first-order chi connectivity index (χ1) is 14.9. The van der Waals surface area contributed by atoms with E-state index in [-0.39, 0.29) is 17.6 Å². The summed E-state index contributed by atoms with van der Waals surface area (Å²) < 4.78 is 0. The summed E-state index contributed by atoms with van der Waals surface area (Å²) in [4.78, 5) is 30.0. The van der Waals surface area contributed by atoms with E-state index in [0.29, 0.717) is 43.4 Å². The van der Waals surface area contributed by atoms with Crippen molar-refractivity contribution in [2.45, 2.75) is 25.3 Å². The van der Waals surface area contributed by atoms with E-state index in [0.717, 1.165) is 19.3 Å². The van der Waals surface area contributed by atoms with Crippen molar-refractivity contribution in [3.63, 3.8) is 0 Å². The van der Waals surface area contributed by atoms with Gasteiger partial charge in [0, 0.05) is 44.3 Å². The molecule has 2 aliphatic rings. The number of hydrogen-bond donors (Lipinski definition) is 0. The van der Waals surface area contributed by atoms with E-state index in [1.165, 1.54) is 17.2 Å². The van der Waals surface area contributed by atoms with Crippen LogP contribution in [0.15, 0.2) is 42.5 Å². The SMILES string of the molecule is CN(C(=O)CN1CCN(c2ccc(Cl)cc2[N+](=O)[O-])CC1)C1CCCc2ccccc21. The van der Waals surface area contributed by atoms with Crippen LogP contribution in [0.1, 0.15) is 30.0 Å². The highest BCUT2D eigenvalue weighted by atomic mass is 35.5. The van der Waals surface area contributed by atoms with Crippen LogP contribution >= 0.6 is 11.6 Å². The number of anilines is 1. The first-order valence-electron chi connectivity index (χ1n) is 10.7. The highest BCUT2D eigenvalue weighted by Crippen LogP contribution is 2.34. The number of fused-ring (bicyclic) bond motifs is 1. The third kappa shape index (κ3) is 4.67. The average Bonchev–Trinajstić information content (AvgIpc) is 2.78. The molecule has 1 saturated heterocycles. The number of rotatable bonds is 5. The lowest BCUT2D eigenvalue weighted by Crippen LogP contribution is -2.50. The van der Waals surface area contributed by atoms with Crippen molar-refractivity contribution >= 4 is 28.9 Å². The van der Waals surface area contributed by atoms with Gasteiger partial charge in [0.1, 0.15) is 5.69 Å². The summed E-state index contributed by atoms with van der Waals surface area (Å²) in [5.74, 6) is 0.118. The van der Waals surface area contributed by atoms with Gasteiger partial charge in [-0.05, 0) is 42.5 Å². The largest absolute Gasteiger partial charge is 0.363 e. The number of likely N-dealkylation sites (N-methyl/N-ethyl adjacent to an activating group) is 1. The van der Waals surface area contributed by atoms with Crippen LogP contribution in [0, 0.1) is 10.1 Å². The predicted molar refractivity (Wildman–Crippen MR) is 122 cm³/mol. The van der Waals surface area contributed by atoms with Crippen molar-refractivity contribution in [1.29, 1.82) is 0 Å². The zero-order valence-corrected chi connectivity index (χ0v) is 18.4. The minimum Gasteiger partial charge on any atom is -0.363 e. The van der Waals surface area contributed by atoms with Crippen LogP contribution in [0.5, 0.6) is 0 Å². The van der Waals surface area contributed by atoms with E-state index in [1.54, 1.807) is 12.1 Å². The molecule has 1 fully saturated rings. The molecule has 1 atom stereocenters. The summed E-state index contributed by atoms with van der Waals surface area (Å²) in [6.07, 6.45) is 3.17. The van der Waals surface area contributed by atoms with Crippen LogP contribution in [0.2, 0.25) is 5.02 Å². The topological polar surface area (TPSA) is 69.9 Å². The maximum absolute atomic E-state index is 13.0. The average molecular weight is 443 g/mol. The van der Waals surface area contributed by atoms with Gasteiger partial charge >= 0.3 is 0 Å². The van der Waals surface area contributed by atoms with Crippen molar-refractivity contribution in [3.05, 3.63) is 68.7 Å². The third-order valence-corrected chi connectivity index (χ3v) is 6.64. The van der Waals surface area contributed by atoms with Gasteiger partial charge in [-0.25, -0.2) is 0 Å². The van der Waals surface area contributed by atoms with Crippen molar-refractivity contribution in [2.24, 2.45) is 0 Å². The lowest BCUT2D eigenvalue weighted by atomic mass is 9.87. The standard InChI is InChI=1S/C23H27ClN4O3/c1-25(20-8-4-6-17-5-2-3-7-19(17)20)23(29)16-26-11-13-27(14-12-26)21-10-9-18(24)15-22(21)28(30)31/h2-3,5,7,9-10,15,20H,4,6,8,11-14,16H2,1H3. The van der Waals surface area contributed by atoms with Gasteiger partial charge in [-0.1, -0.05) is 35.9 Å². The van der Waals surface area contributed by atoms with E-state index < -0.39 is 4.92 Å². The van der Waals surface area contributed by atoms with E-state index >= 15 is 0 Å². The van der Waals surface area contributed by atoms with E-state index in [4.69, 9.17) is 11.6 Å². The molecule has 1 aliphatic carbocycles. The number of carbonyl (C=O) groups excluding carboxylic acids is 1. The maximum atomic E-state index is 13.0. The van der Waals surface area contributed by atoms with E-state index in [1.807, 2.05) is 22.9 Å². The second-order valence-electron chi connectivity index (χ2n) is 8.26. The molecule has 2 aromatic rings. The van der Waals surface area contributed by atoms with Crippen LogP contribution < -0.4 is 4.90 Å². The fourth-order valence-electron chi connectivity index (χ4n) is 4.66. The molecule has 8 heteroatoms. The van der Waals surface area contributed by atoms with Crippen LogP contribution in [0.4, 0.5) is 11.4 Å². The van der Waals surface area contributed by atoms with Crippen LogP contribution in [0.25, 0.3) is 0 Å². The van der Waals surface area contributed by atoms with E-state index in [2.05, 4.69) is 23.1 Å². The predicted octanol–water partition coefficient (Wildman–Crippen LogP) is 3.91. The van der Waals surface area contributed by atoms with Gasteiger partial charge in [0.15, 0.2) is 0 Å². The number of nitrogens with zero attached hydrogens (tertiary/aromatic N) is 4. The smallest absolute Gasteiger partial charge is 0.294 e. The third-order valence-electron chi connectivity index (χ3n) is 6.40. The molecule has 1 amide bonds. The number of halogens is 1. The maximum Gasteiger partial charge on any atom is 0.294 e. The van der Waals surface area contributed by atoms with Crippen LogP contribution in [0.3, 0.4) is 0 Å². The fourth-order valence-corrected chi connectivity index (χ4v) is 4.83. The number of amides is 1. The Balaban J connectivity index is 1.36. The first kappa shape index (κ1) is 21.6. The van der Waals surface area contributed by atoms with Crippen molar-refractivity contribution < 1.29 is 9.72 Å². The number of carbonyl (C=O) groups is 1. The summed E-state index contributed by atoms with van der Waals surface area (Å²) in [5.41, 5.74) is 3.21.